The number of carbonyl (C=O) groups is 1. The average Bonchev–Trinajstić information content (AvgIpc) is 2.54. The van der Waals surface area contributed by atoms with Gasteiger partial charge in [0, 0.05) is 23.8 Å². The highest BCUT2D eigenvalue weighted by Gasteiger charge is 2.11. The van der Waals surface area contributed by atoms with Crippen LogP contribution in [0.2, 0.25) is 5.02 Å². The number of carbonyl (C=O) groups excluding carboxylic acids is 1. The molecule has 0 unspecified atom stereocenters. The summed E-state index contributed by atoms with van der Waals surface area (Å²) in [6.07, 6.45) is 0. The molecule has 122 valence electrons. The minimum absolute atomic E-state index is 0.118. The number of hydrogen-bond donors (Lipinski definition) is 2. The van der Waals surface area contributed by atoms with Crippen molar-refractivity contribution in [1.29, 1.82) is 0 Å². The van der Waals surface area contributed by atoms with E-state index in [2.05, 4.69) is 48.7 Å². The monoisotopic (exact) mass is 330 g/mol. The Morgan fingerprint density at radius 2 is 1.83 bits per heavy atom. The largest absolute Gasteiger partial charge is 0.380 e. The Hall–Kier alpha value is -2.00. The lowest BCUT2D eigenvalue weighted by Gasteiger charge is -2.13. The third-order valence-electron chi connectivity index (χ3n) is 3.69. The summed E-state index contributed by atoms with van der Waals surface area (Å²) in [5.41, 5.74) is 3.85. The van der Waals surface area contributed by atoms with Gasteiger partial charge in [0.15, 0.2) is 0 Å². The molecule has 2 N–H and O–H groups in total. The van der Waals surface area contributed by atoms with Crippen LogP contribution in [0.5, 0.6) is 0 Å². The van der Waals surface area contributed by atoms with Gasteiger partial charge in [-0.25, -0.2) is 0 Å². The van der Waals surface area contributed by atoms with E-state index in [1.807, 2.05) is 13.0 Å². The van der Waals surface area contributed by atoms with E-state index in [4.69, 9.17) is 11.6 Å². The van der Waals surface area contributed by atoms with Gasteiger partial charge >= 0.3 is 0 Å². The highest BCUT2D eigenvalue weighted by atomic mass is 35.5. The van der Waals surface area contributed by atoms with Crippen LogP contribution in [0.25, 0.3) is 0 Å². The third-order valence-corrected chi connectivity index (χ3v) is 3.93. The molecule has 0 aliphatic carbocycles. The molecule has 0 saturated carbocycles. The van der Waals surface area contributed by atoms with E-state index in [0.717, 1.165) is 5.69 Å². The van der Waals surface area contributed by atoms with Gasteiger partial charge in [-0.3, -0.25) is 4.79 Å². The Bertz CT molecular complexity index is 666. The fraction of sp³-hybridized carbons (Fsp3) is 0.316. The summed E-state index contributed by atoms with van der Waals surface area (Å²) < 4.78 is 0. The first-order valence-corrected chi connectivity index (χ1v) is 8.29. The molecule has 0 aromatic heterocycles. The predicted octanol–water partition coefficient (Wildman–Crippen LogP) is 4.83. The van der Waals surface area contributed by atoms with Crippen LogP contribution in [0.3, 0.4) is 0 Å². The number of rotatable bonds is 6. The SMILES string of the molecule is CCNC(=O)c1cc(Cl)ccc1NCc1ccc(C(C)C)cc1. The average molecular weight is 331 g/mol. The minimum Gasteiger partial charge on any atom is -0.380 e. The van der Waals surface area contributed by atoms with Crippen LogP contribution in [-0.2, 0) is 6.54 Å². The molecule has 23 heavy (non-hydrogen) atoms. The first kappa shape index (κ1) is 17.4. The fourth-order valence-corrected chi connectivity index (χ4v) is 2.50. The quantitative estimate of drug-likeness (QED) is 0.796. The fourth-order valence-electron chi connectivity index (χ4n) is 2.33. The van der Waals surface area contributed by atoms with E-state index in [1.54, 1.807) is 12.1 Å². The Kier molecular flexibility index (Phi) is 6.05. The number of halogens is 1. The first-order valence-electron chi connectivity index (χ1n) is 7.91. The van der Waals surface area contributed by atoms with E-state index in [0.29, 0.717) is 29.6 Å². The Balaban J connectivity index is 2.12. The molecule has 3 nitrogen and oxygen atoms in total. The number of anilines is 1. The lowest BCUT2D eigenvalue weighted by Crippen LogP contribution is -2.23. The third kappa shape index (κ3) is 4.73. The highest BCUT2D eigenvalue weighted by Crippen LogP contribution is 2.22. The van der Waals surface area contributed by atoms with E-state index < -0.39 is 0 Å². The molecule has 0 spiro atoms. The number of hydrogen-bond acceptors (Lipinski definition) is 2. The molecule has 2 rings (SSSR count). The van der Waals surface area contributed by atoms with Gasteiger partial charge in [-0.2, -0.15) is 0 Å². The summed E-state index contributed by atoms with van der Waals surface area (Å²) in [6.45, 7) is 7.50. The summed E-state index contributed by atoms with van der Waals surface area (Å²) in [4.78, 5) is 12.1. The second-order valence-corrected chi connectivity index (χ2v) is 6.24. The Morgan fingerprint density at radius 1 is 1.13 bits per heavy atom. The van der Waals surface area contributed by atoms with Gasteiger partial charge < -0.3 is 10.6 Å². The molecule has 0 heterocycles. The van der Waals surface area contributed by atoms with Gasteiger partial charge in [-0.1, -0.05) is 49.7 Å². The van der Waals surface area contributed by atoms with Crippen molar-refractivity contribution < 1.29 is 4.79 Å². The van der Waals surface area contributed by atoms with Crippen molar-refractivity contribution in [2.24, 2.45) is 0 Å². The smallest absolute Gasteiger partial charge is 0.253 e. The molecule has 0 radical (unpaired) electrons. The van der Waals surface area contributed by atoms with Gasteiger partial charge in [0.25, 0.3) is 5.91 Å². The molecule has 4 heteroatoms. The molecule has 0 fully saturated rings. The van der Waals surface area contributed by atoms with Gasteiger partial charge in [0.1, 0.15) is 0 Å². The van der Waals surface area contributed by atoms with Crippen LogP contribution in [0.1, 0.15) is 48.2 Å². The summed E-state index contributed by atoms with van der Waals surface area (Å²) >= 11 is 6.02. The minimum atomic E-state index is -0.118. The molecular formula is C19H23ClN2O. The molecular weight excluding hydrogens is 308 g/mol. The zero-order valence-electron chi connectivity index (χ0n) is 13.8. The van der Waals surface area contributed by atoms with Crippen LogP contribution < -0.4 is 10.6 Å². The van der Waals surface area contributed by atoms with E-state index >= 15 is 0 Å². The molecule has 0 aliphatic heterocycles. The van der Waals surface area contributed by atoms with Gasteiger partial charge in [-0.05, 0) is 42.2 Å². The molecule has 1 amide bonds. The topological polar surface area (TPSA) is 41.1 Å². The summed E-state index contributed by atoms with van der Waals surface area (Å²) in [5.74, 6) is 0.408. The van der Waals surface area contributed by atoms with Crippen molar-refractivity contribution in [1.82, 2.24) is 5.32 Å². The predicted molar refractivity (Wildman–Crippen MR) is 97.3 cm³/mol. The molecule has 2 aromatic rings. The van der Waals surface area contributed by atoms with Crippen LogP contribution in [0, 0.1) is 0 Å². The maximum absolute atomic E-state index is 12.1. The van der Waals surface area contributed by atoms with Crippen molar-refractivity contribution >= 4 is 23.2 Å². The van der Waals surface area contributed by atoms with Crippen molar-refractivity contribution in [3.8, 4) is 0 Å². The maximum Gasteiger partial charge on any atom is 0.253 e. The summed E-state index contributed by atoms with van der Waals surface area (Å²) in [7, 11) is 0. The Morgan fingerprint density at radius 3 is 2.43 bits per heavy atom. The van der Waals surface area contributed by atoms with Crippen molar-refractivity contribution in [3.63, 3.8) is 0 Å². The van der Waals surface area contributed by atoms with Crippen molar-refractivity contribution in [3.05, 3.63) is 64.2 Å². The normalized spacial score (nSPS) is 10.7. The zero-order valence-corrected chi connectivity index (χ0v) is 14.6. The van der Waals surface area contributed by atoms with E-state index in [1.165, 1.54) is 11.1 Å². The molecule has 0 aliphatic rings. The molecule has 0 saturated heterocycles. The van der Waals surface area contributed by atoms with Crippen LogP contribution in [0.4, 0.5) is 5.69 Å². The van der Waals surface area contributed by atoms with Crippen molar-refractivity contribution in [2.75, 3.05) is 11.9 Å². The molecule has 0 atom stereocenters. The zero-order chi connectivity index (χ0) is 16.8. The second kappa shape index (κ2) is 8.02. The molecule has 2 aromatic carbocycles. The van der Waals surface area contributed by atoms with Crippen LogP contribution >= 0.6 is 11.6 Å². The van der Waals surface area contributed by atoms with Gasteiger partial charge in [0.2, 0.25) is 0 Å². The van der Waals surface area contributed by atoms with Crippen molar-refractivity contribution in [2.45, 2.75) is 33.2 Å². The van der Waals surface area contributed by atoms with Crippen LogP contribution in [0.15, 0.2) is 42.5 Å². The Labute approximate surface area is 143 Å². The summed E-state index contributed by atoms with van der Waals surface area (Å²) in [5, 5.41) is 6.69. The number of benzene rings is 2. The van der Waals surface area contributed by atoms with Gasteiger partial charge in [0.05, 0.1) is 5.56 Å². The first-order chi connectivity index (χ1) is 11.0. The lowest BCUT2D eigenvalue weighted by molar-refractivity contribution is 0.0956. The van der Waals surface area contributed by atoms with E-state index in [-0.39, 0.29) is 5.91 Å². The highest BCUT2D eigenvalue weighted by molar-refractivity contribution is 6.31. The second-order valence-electron chi connectivity index (χ2n) is 5.80. The van der Waals surface area contributed by atoms with Crippen LogP contribution in [-0.4, -0.2) is 12.5 Å². The standard InChI is InChI=1S/C19H23ClN2O/c1-4-21-19(23)17-11-16(20)9-10-18(17)22-12-14-5-7-15(8-6-14)13(2)3/h5-11,13,22H,4,12H2,1-3H3,(H,21,23). The number of amides is 1. The maximum atomic E-state index is 12.1. The van der Waals surface area contributed by atoms with Gasteiger partial charge in [-0.15, -0.1) is 0 Å². The summed E-state index contributed by atoms with van der Waals surface area (Å²) in [6, 6.07) is 13.8. The van der Waals surface area contributed by atoms with E-state index in [9.17, 15) is 4.79 Å². The number of nitrogens with one attached hydrogen (secondary N) is 2. The molecule has 0 bridgehead atoms. The lowest BCUT2D eigenvalue weighted by atomic mass is 10.0.